The van der Waals surface area contributed by atoms with Crippen molar-refractivity contribution < 1.29 is 19.7 Å². The van der Waals surface area contributed by atoms with E-state index in [0.29, 0.717) is 38.2 Å². The molecule has 134 valence electrons. The number of aliphatic hydroxyl groups is 2. The molecule has 1 aromatic rings. The van der Waals surface area contributed by atoms with Crippen molar-refractivity contribution >= 4 is 5.91 Å². The maximum atomic E-state index is 11.6. The van der Waals surface area contributed by atoms with Crippen LogP contribution < -0.4 is 5.32 Å². The number of rotatable bonds is 10. The van der Waals surface area contributed by atoms with Gasteiger partial charge in [-0.3, -0.25) is 9.48 Å². The number of aliphatic hydroxyl groups excluding tert-OH is 1. The van der Waals surface area contributed by atoms with E-state index in [1.807, 2.05) is 0 Å². The second kappa shape index (κ2) is 9.51. The standard InChI is InChI=1S/C16H26N4O4/c21-10-5-3-8-17-15(22)6-2-1-4-9-20-12-14(18-19-20)16(23)7-11-24-13-16/h3,5,12,21,23H,1-2,4,6-11,13H2,(H,17,22)/b5-3+. The molecule has 1 amide bonds. The van der Waals surface area contributed by atoms with Gasteiger partial charge in [0, 0.05) is 32.5 Å². The van der Waals surface area contributed by atoms with Gasteiger partial charge in [-0.2, -0.15) is 0 Å². The Morgan fingerprint density at radius 1 is 1.42 bits per heavy atom. The van der Waals surface area contributed by atoms with Crippen LogP contribution in [-0.2, 0) is 21.7 Å². The summed E-state index contributed by atoms with van der Waals surface area (Å²) >= 11 is 0. The Kier molecular flexibility index (Phi) is 7.36. The molecule has 3 N–H and O–H groups in total. The number of aromatic nitrogens is 3. The number of nitrogens with one attached hydrogen (secondary N) is 1. The zero-order valence-electron chi connectivity index (χ0n) is 13.9. The number of carbonyl (C=O) groups excluding carboxylic acids is 1. The van der Waals surface area contributed by atoms with Crippen molar-refractivity contribution in [2.75, 3.05) is 26.4 Å². The first-order valence-electron chi connectivity index (χ1n) is 8.37. The van der Waals surface area contributed by atoms with E-state index in [2.05, 4.69) is 15.6 Å². The zero-order chi connectivity index (χ0) is 17.3. The van der Waals surface area contributed by atoms with Crippen LogP contribution in [0, 0.1) is 0 Å². The van der Waals surface area contributed by atoms with Gasteiger partial charge in [-0.1, -0.05) is 23.8 Å². The van der Waals surface area contributed by atoms with E-state index in [1.54, 1.807) is 23.0 Å². The van der Waals surface area contributed by atoms with Gasteiger partial charge < -0.3 is 20.3 Å². The molecule has 0 saturated carbocycles. The second-order valence-electron chi connectivity index (χ2n) is 5.97. The minimum Gasteiger partial charge on any atom is -0.392 e. The van der Waals surface area contributed by atoms with Gasteiger partial charge in [-0.05, 0) is 12.8 Å². The quantitative estimate of drug-likeness (QED) is 0.413. The molecule has 24 heavy (non-hydrogen) atoms. The number of hydrogen-bond acceptors (Lipinski definition) is 6. The molecule has 0 spiro atoms. The smallest absolute Gasteiger partial charge is 0.220 e. The van der Waals surface area contributed by atoms with Crippen LogP contribution in [0.5, 0.6) is 0 Å². The molecular formula is C16H26N4O4. The summed E-state index contributed by atoms with van der Waals surface area (Å²) in [4.78, 5) is 11.6. The Labute approximate surface area is 141 Å². The molecule has 2 heterocycles. The summed E-state index contributed by atoms with van der Waals surface area (Å²) in [5, 5.41) is 29.8. The normalized spacial score (nSPS) is 20.8. The average molecular weight is 338 g/mol. The maximum absolute atomic E-state index is 11.6. The Morgan fingerprint density at radius 2 is 2.29 bits per heavy atom. The van der Waals surface area contributed by atoms with E-state index < -0.39 is 5.60 Å². The van der Waals surface area contributed by atoms with Gasteiger partial charge in [-0.15, -0.1) is 5.10 Å². The van der Waals surface area contributed by atoms with Crippen molar-refractivity contribution in [3.05, 3.63) is 24.0 Å². The van der Waals surface area contributed by atoms with Crippen molar-refractivity contribution in [3.8, 4) is 0 Å². The van der Waals surface area contributed by atoms with Crippen LogP contribution in [0.25, 0.3) is 0 Å². The van der Waals surface area contributed by atoms with Crippen LogP contribution in [-0.4, -0.2) is 57.5 Å². The lowest BCUT2D eigenvalue weighted by molar-refractivity contribution is -0.121. The van der Waals surface area contributed by atoms with Crippen LogP contribution in [0.2, 0.25) is 0 Å². The average Bonchev–Trinajstić information content (AvgIpc) is 3.21. The number of ether oxygens (including phenoxy) is 1. The van der Waals surface area contributed by atoms with Crippen molar-refractivity contribution in [2.45, 2.75) is 44.2 Å². The molecule has 8 nitrogen and oxygen atoms in total. The molecule has 1 aliphatic rings. The number of amides is 1. The number of unbranched alkanes of at least 4 members (excludes halogenated alkanes) is 2. The SMILES string of the molecule is O=C(CCCCCn1cc(C2(O)CCOC2)nn1)NC/C=C/CO. The van der Waals surface area contributed by atoms with Gasteiger partial charge in [0.2, 0.25) is 5.91 Å². The van der Waals surface area contributed by atoms with Crippen LogP contribution in [0.3, 0.4) is 0 Å². The highest BCUT2D eigenvalue weighted by atomic mass is 16.5. The summed E-state index contributed by atoms with van der Waals surface area (Å²) in [7, 11) is 0. The Morgan fingerprint density at radius 3 is 3.04 bits per heavy atom. The third-order valence-corrected chi connectivity index (χ3v) is 4.00. The van der Waals surface area contributed by atoms with Gasteiger partial charge >= 0.3 is 0 Å². The molecule has 8 heteroatoms. The highest BCUT2D eigenvalue weighted by Gasteiger charge is 2.36. The molecule has 1 aliphatic heterocycles. The molecule has 1 unspecified atom stereocenters. The van der Waals surface area contributed by atoms with Gasteiger partial charge in [0.05, 0.1) is 19.4 Å². The van der Waals surface area contributed by atoms with Crippen molar-refractivity contribution in [2.24, 2.45) is 0 Å². The highest BCUT2D eigenvalue weighted by molar-refractivity contribution is 5.75. The van der Waals surface area contributed by atoms with Crippen molar-refractivity contribution in [3.63, 3.8) is 0 Å². The summed E-state index contributed by atoms with van der Waals surface area (Å²) in [6.07, 6.45) is 8.77. The summed E-state index contributed by atoms with van der Waals surface area (Å²) in [5.74, 6) is 0.0177. The predicted octanol–water partition coefficient (Wildman–Crippen LogP) is 0.111. The van der Waals surface area contributed by atoms with Crippen molar-refractivity contribution in [1.82, 2.24) is 20.3 Å². The third-order valence-electron chi connectivity index (χ3n) is 4.00. The van der Waals surface area contributed by atoms with Gasteiger partial charge in [0.15, 0.2) is 0 Å². The molecule has 2 rings (SSSR count). The first-order chi connectivity index (χ1) is 11.6. The number of hydrogen-bond donors (Lipinski definition) is 3. The monoisotopic (exact) mass is 338 g/mol. The van der Waals surface area contributed by atoms with E-state index >= 15 is 0 Å². The van der Waals surface area contributed by atoms with E-state index in [-0.39, 0.29) is 19.1 Å². The Hall–Kier alpha value is -1.77. The van der Waals surface area contributed by atoms with E-state index in [4.69, 9.17) is 9.84 Å². The fraction of sp³-hybridized carbons (Fsp3) is 0.688. The van der Waals surface area contributed by atoms with Crippen LogP contribution in [0.4, 0.5) is 0 Å². The topological polar surface area (TPSA) is 110 Å². The van der Waals surface area contributed by atoms with Crippen molar-refractivity contribution in [1.29, 1.82) is 0 Å². The lowest BCUT2D eigenvalue weighted by atomic mass is 10.0. The molecule has 0 radical (unpaired) electrons. The summed E-state index contributed by atoms with van der Waals surface area (Å²) in [5.41, 5.74) is -0.434. The molecule has 1 atom stereocenters. The number of carbonyl (C=O) groups is 1. The first kappa shape index (κ1) is 18.6. The van der Waals surface area contributed by atoms with E-state index in [1.165, 1.54) is 0 Å². The van der Waals surface area contributed by atoms with Crippen LogP contribution >= 0.6 is 0 Å². The lowest BCUT2D eigenvalue weighted by Crippen LogP contribution is -2.26. The van der Waals surface area contributed by atoms with E-state index in [9.17, 15) is 9.90 Å². The van der Waals surface area contributed by atoms with Gasteiger partial charge in [-0.25, -0.2) is 0 Å². The number of aryl methyl sites for hydroxylation is 1. The summed E-state index contributed by atoms with van der Waals surface area (Å²) < 4.78 is 6.95. The van der Waals surface area contributed by atoms with Crippen LogP contribution in [0.15, 0.2) is 18.3 Å². The molecular weight excluding hydrogens is 312 g/mol. The molecule has 0 aromatic carbocycles. The minimum absolute atomic E-state index is 0.00963. The summed E-state index contributed by atoms with van der Waals surface area (Å²) in [6.45, 7) is 1.97. The molecule has 1 saturated heterocycles. The van der Waals surface area contributed by atoms with Crippen LogP contribution in [0.1, 0.15) is 37.8 Å². The largest absolute Gasteiger partial charge is 0.392 e. The van der Waals surface area contributed by atoms with Gasteiger partial charge in [0.1, 0.15) is 11.3 Å². The zero-order valence-corrected chi connectivity index (χ0v) is 13.9. The molecule has 1 fully saturated rings. The first-order valence-corrected chi connectivity index (χ1v) is 8.37. The third kappa shape index (κ3) is 5.70. The molecule has 1 aromatic heterocycles. The lowest BCUT2D eigenvalue weighted by Gasteiger charge is -2.15. The van der Waals surface area contributed by atoms with Gasteiger partial charge in [0.25, 0.3) is 0 Å². The fourth-order valence-electron chi connectivity index (χ4n) is 2.53. The fourth-order valence-corrected chi connectivity index (χ4v) is 2.53. The molecule has 0 aliphatic carbocycles. The predicted molar refractivity (Wildman–Crippen MR) is 87.1 cm³/mol. The number of nitrogens with zero attached hydrogens (tertiary/aromatic N) is 3. The summed E-state index contributed by atoms with van der Waals surface area (Å²) in [6, 6.07) is 0. The van der Waals surface area contributed by atoms with E-state index in [0.717, 1.165) is 19.3 Å². The Balaban J connectivity index is 1.59. The second-order valence-corrected chi connectivity index (χ2v) is 5.97. The maximum Gasteiger partial charge on any atom is 0.220 e. The Bertz CT molecular complexity index is 538. The minimum atomic E-state index is -0.999. The molecule has 0 bridgehead atoms. The highest BCUT2D eigenvalue weighted by Crippen LogP contribution is 2.28.